The van der Waals surface area contributed by atoms with Gasteiger partial charge in [0.25, 0.3) is 0 Å². The van der Waals surface area contributed by atoms with Crippen LogP contribution in [0.4, 0.5) is 16.2 Å². The molecule has 0 spiro atoms. The normalized spacial score (nSPS) is 19.5. The predicted octanol–water partition coefficient (Wildman–Crippen LogP) is 2.46. The summed E-state index contributed by atoms with van der Waals surface area (Å²) in [4.78, 5) is 19.0. The molecule has 22 heavy (non-hydrogen) atoms. The highest BCUT2D eigenvalue weighted by atomic mass is 16.2. The fourth-order valence-corrected chi connectivity index (χ4v) is 3.20. The molecule has 5 heteroatoms. The van der Waals surface area contributed by atoms with Crippen LogP contribution in [0.3, 0.4) is 0 Å². The van der Waals surface area contributed by atoms with E-state index < -0.39 is 0 Å². The summed E-state index contributed by atoms with van der Waals surface area (Å²) >= 11 is 0. The Hall–Kier alpha value is -1.75. The second kappa shape index (κ2) is 7.01. The number of carbonyl (C=O) groups excluding carboxylic acids is 1. The molecule has 0 bridgehead atoms. The molecule has 2 fully saturated rings. The lowest BCUT2D eigenvalue weighted by Crippen LogP contribution is -2.49. The van der Waals surface area contributed by atoms with Crippen molar-refractivity contribution < 1.29 is 4.79 Å². The number of nitrogens with zero attached hydrogens (tertiary/aromatic N) is 3. The maximum absolute atomic E-state index is 12.3. The van der Waals surface area contributed by atoms with Crippen molar-refractivity contribution in [2.24, 2.45) is 0 Å². The fraction of sp³-hybridized carbons (Fsp3) is 0.588. The number of piperazine rings is 1. The van der Waals surface area contributed by atoms with E-state index in [9.17, 15) is 4.79 Å². The third kappa shape index (κ3) is 3.53. The number of anilines is 2. The molecule has 5 nitrogen and oxygen atoms in total. The van der Waals surface area contributed by atoms with Gasteiger partial charge in [-0.1, -0.05) is 6.92 Å². The van der Waals surface area contributed by atoms with Crippen LogP contribution in [0.15, 0.2) is 24.3 Å². The summed E-state index contributed by atoms with van der Waals surface area (Å²) in [5.41, 5.74) is 2.14. The van der Waals surface area contributed by atoms with Gasteiger partial charge in [-0.05, 0) is 43.7 Å². The first-order valence-electron chi connectivity index (χ1n) is 8.39. The van der Waals surface area contributed by atoms with Crippen LogP contribution in [0.1, 0.15) is 19.8 Å². The van der Waals surface area contributed by atoms with Gasteiger partial charge in [-0.3, -0.25) is 0 Å². The summed E-state index contributed by atoms with van der Waals surface area (Å²) in [6, 6.07) is 8.25. The van der Waals surface area contributed by atoms with E-state index in [1.165, 1.54) is 18.5 Å². The van der Waals surface area contributed by atoms with Crippen molar-refractivity contribution in [3.05, 3.63) is 24.3 Å². The first kappa shape index (κ1) is 15.2. The Bertz CT molecular complexity index is 488. The molecule has 1 aromatic rings. The Morgan fingerprint density at radius 3 is 2.23 bits per heavy atom. The third-order valence-electron chi connectivity index (χ3n) is 4.70. The van der Waals surface area contributed by atoms with Crippen LogP contribution >= 0.6 is 0 Å². The first-order valence-corrected chi connectivity index (χ1v) is 8.39. The SMILES string of the molecule is CCN1CCN(C(=O)Nc2ccc(N3CCCC3)cc2)CC1. The van der Waals surface area contributed by atoms with E-state index in [2.05, 4.69) is 34.2 Å². The number of rotatable bonds is 3. The van der Waals surface area contributed by atoms with Crippen molar-refractivity contribution in [1.29, 1.82) is 0 Å². The van der Waals surface area contributed by atoms with E-state index in [1.54, 1.807) is 0 Å². The number of hydrogen-bond acceptors (Lipinski definition) is 3. The van der Waals surface area contributed by atoms with Gasteiger partial charge in [0.15, 0.2) is 0 Å². The number of likely N-dealkylation sites (N-methyl/N-ethyl adjacent to an activating group) is 1. The lowest BCUT2D eigenvalue weighted by Gasteiger charge is -2.34. The molecule has 0 atom stereocenters. The van der Waals surface area contributed by atoms with Crippen molar-refractivity contribution in [3.63, 3.8) is 0 Å². The number of benzene rings is 1. The standard InChI is InChI=1S/C17H26N4O/c1-2-19-11-13-21(14-12-19)17(22)18-15-5-7-16(8-6-15)20-9-3-4-10-20/h5-8H,2-4,9-14H2,1H3,(H,18,22). The van der Waals surface area contributed by atoms with E-state index >= 15 is 0 Å². The lowest BCUT2D eigenvalue weighted by atomic mass is 10.2. The summed E-state index contributed by atoms with van der Waals surface area (Å²) < 4.78 is 0. The molecular weight excluding hydrogens is 276 g/mol. The van der Waals surface area contributed by atoms with Crippen molar-refractivity contribution in [2.75, 3.05) is 56.0 Å². The van der Waals surface area contributed by atoms with Gasteiger partial charge in [-0.15, -0.1) is 0 Å². The van der Waals surface area contributed by atoms with Crippen molar-refractivity contribution in [3.8, 4) is 0 Å². The summed E-state index contributed by atoms with van der Waals surface area (Å²) in [7, 11) is 0. The van der Waals surface area contributed by atoms with Gasteiger partial charge in [0.05, 0.1) is 0 Å². The Morgan fingerprint density at radius 1 is 1.00 bits per heavy atom. The molecular formula is C17H26N4O. The smallest absolute Gasteiger partial charge is 0.321 e. The van der Waals surface area contributed by atoms with Gasteiger partial charge >= 0.3 is 6.03 Å². The molecule has 0 aromatic heterocycles. The van der Waals surface area contributed by atoms with E-state index in [0.29, 0.717) is 0 Å². The molecule has 0 unspecified atom stereocenters. The van der Waals surface area contributed by atoms with Gasteiger partial charge < -0.3 is 20.0 Å². The lowest BCUT2D eigenvalue weighted by molar-refractivity contribution is 0.151. The van der Waals surface area contributed by atoms with E-state index in [1.807, 2.05) is 17.0 Å². The molecule has 2 heterocycles. The van der Waals surface area contributed by atoms with Gasteiger partial charge in [0, 0.05) is 50.6 Å². The van der Waals surface area contributed by atoms with E-state index in [-0.39, 0.29) is 6.03 Å². The second-order valence-corrected chi connectivity index (χ2v) is 6.09. The number of amides is 2. The highest BCUT2D eigenvalue weighted by Crippen LogP contribution is 2.22. The zero-order chi connectivity index (χ0) is 15.4. The molecule has 2 amide bonds. The highest BCUT2D eigenvalue weighted by Gasteiger charge is 2.20. The average molecular weight is 302 g/mol. The van der Waals surface area contributed by atoms with Gasteiger partial charge in [-0.25, -0.2) is 4.79 Å². The summed E-state index contributed by atoms with van der Waals surface area (Å²) in [5, 5.41) is 3.01. The molecule has 0 radical (unpaired) electrons. The van der Waals surface area contributed by atoms with Crippen molar-refractivity contribution in [2.45, 2.75) is 19.8 Å². The van der Waals surface area contributed by atoms with Crippen LogP contribution in [0.5, 0.6) is 0 Å². The molecule has 1 aromatic carbocycles. The molecule has 120 valence electrons. The quantitative estimate of drug-likeness (QED) is 0.932. The fourth-order valence-electron chi connectivity index (χ4n) is 3.20. The van der Waals surface area contributed by atoms with Crippen LogP contribution in [0.2, 0.25) is 0 Å². The molecule has 3 rings (SSSR count). The van der Waals surface area contributed by atoms with Crippen LogP contribution in [0, 0.1) is 0 Å². The third-order valence-corrected chi connectivity index (χ3v) is 4.70. The van der Waals surface area contributed by atoms with Crippen LogP contribution in [0.25, 0.3) is 0 Å². The summed E-state index contributed by atoms with van der Waals surface area (Å²) in [5.74, 6) is 0. The minimum atomic E-state index is 0.0182. The molecule has 0 aliphatic carbocycles. The average Bonchev–Trinajstić information content (AvgIpc) is 3.10. The zero-order valence-electron chi connectivity index (χ0n) is 13.4. The molecule has 2 aliphatic heterocycles. The molecule has 2 saturated heterocycles. The Labute approximate surface area is 132 Å². The number of carbonyl (C=O) groups is 1. The van der Waals surface area contributed by atoms with Gasteiger partial charge in [0.2, 0.25) is 0 Å². The summed E-state index contributed by atoms with van der Waals surface area (Å²) in [6.45, 7) is 9.08. The van der Waals surface area contributed by atoms with Crippen LogP contribution < -0.4 is 10.2 Å². The minimum absolute atomic E-state index is 0.0182. The maximum atomic E-state index is 12.3. The first-order chi connectivity index (χ1) is 10.8. The molecule has 0 saturated carbocycles. The van der Waals surface area contributed by atoms with E-state index in [4.69, 9.17) is 0 Å². The highest BCUT2D eigenvalue weighted by molar-refractivity contribution is 5.89. The Morgan fingerprint density at radius 2 is 1.64 bits per heavy atom. The Balaban J connectivity index is 1.53. The summed E-state index contributed by atoms with van der Waals surface area (Å²) in [6.07, 6.45) is 2.56. The van der Waals surface area contributed by atoms with Gasteiger partial charge in [-0.2, -0.15) is 0 Å². The van der Waals surface area contributed by atoms with Crippen molar-refractivity contribution in [1.82, 2.24) is 9.80 Å². The van der Waals surface area contributed by atoms with Gasteiger partial charge in [0.1, 0.15) is 0 Å². The van der Waals surface area contributed by atoms with Crippen LogP contribution in [-0.2, 0) is 0 Å². The van der Waals surface area contributed by atoms with Crippen LogP contribution in [-0.4, -0.2) is 61.6 Å². The molecule has 2 aliphatic rings. The number of urea groups is 1. The predicted molar refractivity (Wildman–Crippen MR) is 90.6 cm³/mol. The Kier molecular flexibility index (Phi) is 4.83. The maximum Gasteiger partial charge on any atom is 0.321 e. The monoisotopic (exact) mass is 302 g/mol. The van der Waals surface area contributed by atoms with Crippen molar-refractivity contribution >= 4 is 17.4 Å². The topological polar surface area (TPSA) is 38.8 Å². The second-order valence-electron chi connectivity index (χ2n) is 6.09. The largest absolute Gasteiger partial charge is 0.372 e. The zero-order valence-corrected chi connectivity index (χ0v) is 13.4. The minimum Gasteiger partial charge on any atom is -0.372 e. The van der Waals surface area contributed by atoms with E-state index in [0.717, 1.165) is 51.5 Å². The molecule has 1 N–H and O–H groups in total. The number of hydrogen-bond donors (Lipinski definition) is 1. The number of nitrogens with one attached hydrogen (secondary N) is 1.